The lowest BCUT2D eigenvalue weighted by Crippen LogP contribution is -2.26. The van der Waals surface area contributed by atoms with E-state index in [1.54, 1.807) is 17.9 Å². The van der Waals surface area contributed by atoms with Gasteiger partial charge in [-0.25, -0.2) is 4.39 Å². The van der Waals surface area contributed by atoms with E-state index in [0.29, 0.717) is 12.1 Å². The molecule has 0 unspecified atom stereocenters. The molecule has 100 valence electrons. The Morgan fingerprint density at radius 1 is 1.53 bits per heavy atom. The molecule has 0 atom stereocenters. The number of rotatable bonds is 3. The minimum atomic E-state index is -0.455. The zero-order chi connectivity index (χ0) is 14.0. The number of benzene rings is 1. The van der Waals surface area contributed by atoms with E-state index in [1.165, 1.54) is 17.0 Å². The number of anilines is 1. The summed E-state index contributed by atoms with van der Waals surface area (Å²) in [6.45, 7) is 0.420. The molecule has 2 aromatic rings. The molecule has 5 nitrogen and oxygen atoms in total. The van der Waals surface area contributed by atoms with E-state index in [4.69, 9.17) is 5.73 Å². The molecule has 0 spiro atoms. The summed E-state index contributed by atoms with van der Waals surface area (Å²) in [5.74, 6) is -0.703. The van der Waals surface area contributed by atoms with Crippen molar-refractivity contribution in [3.8, 4) is 0 Å². The van der Waals surface area contributed by atoms with E-state index in [0.717, 1.165) is 11.6 Å². The van der Waals surface area contributed by atoms with Gasteiger partial charge in [-0.15, -0.1) is 0 Å². The highest BCUT2D eigenvalue weighted by Crippen LogP contribution is 2.16. The van der Waals surface area contributed by atoms with Gasteiger partial charge in [0.15, 0.2) is 0 Å². The number of hydrogen-bond donors (Lipinski definition) is 1. The fraction of sp³-hybridized carbons (Fsp3) is 0.231. The predicted molar refractivity (Wildman–Crippen MR) is 69.8 cm³/mol. The molecule has 1 aromatic heterocycles. The van der Waals surface area contributed by atoms with Crippen LogP contribution in [0, 0.1) is 5.82 Å². The fourth-order valence-electron chi connectivity index (χ4n) is 1.83. The molecule has 2 rings (SSSR count). The number of carbonyl (C=O) groups is 1. The topological polar surface area (TPSA) is 64.2 Å². The summed E-state index contributed by atoms with van der Waals surface area (Å²) in [6.07, 6.45) is 3.52. The van der Waals surface area contributed by atoms with Crippen LogP contribution in [0.1, 0.15) is 15.9 Å². The van der Waals surface area contributed by atoms with Crippen LogP contribution >= 0.6 is 0 Å². The van der Waals surface area contributed by atoms with Gasteiger partial charge >= 0.3 is 0 Å². The van der Waals surface area contributed by atoms with Gasteiger partial charge in [-0.3, -0.25) is 9.48 Å². The van der Waals surface area contributed by atoms with E-state index in [-0.39, 0.29) is 11.6 Å². The van der Waals surface area contributed by atoms with Crippen molar-refractivity contribution in [2.45, 2.75) is 6.54 Å². The summed E-state index contributed by atoms with van der Waals surface area (Å²) in [6, 6.07) is 3.76. The standard InChI is InChI=1S/C13H15FN4O/c1-17(7-9-6-16-18(2)8-9)13(19)11-4-3-10(14)5-12(11)15/h3-6,8H,7,15H2,1-2H3. The van der Waals surface area contributed by atoms with Crippen LogP contribution in [0.15, 0.2) is 30.6 Å². The van der Waals surface area contributed by atoms with Crippen molar-refractivity contribution < 1.29 is 9.18 Å². The Labute approximate surface area is 110 Å². The van der Waals surface area contributed by atoms with Crippen LogP contribution in [0.3, 0.4) is 0 Å². The molecule has 0 aliphatic carbocycles. The zero-order valence-electron chi connectivity index (χ0n) is 10.8. The lowest BCUT2D eigenvalue weighted by atomic mass is 10.1. The van der Waals surface area contributed by atoms with E-state index in [9.17, 15) is 9.18 Å². The summed E-state index contributed by atoms with van der Waals surface area (Å²) >= 11 is 0. The molecule has 1 amide bonds. The quantitative estimate of drug-likeness (QED) is 0.851. The first kappa shape index (κ1) is 13.1. The molecule has 0 aliphatic rings. The molecule has 0 fully saturated rings. The lowest BCUT2D eigenvalue weighted by Gasteiger charge is -2.17. The number of nitrogens with zero attached hydrogens (tertiary/aromatic N) is 3. The lowest BCUT2D eigenvalue weighted by molar-refractivity contribution is 0.0786. The van der Waals surface area contributed by atoms with Gasteiger partial charge in [0.25, 0.3) is 5.91 Å². The van der Waals surface area contributed by atoms with Crippen LogP contribution in [0.25, 0.3) is 0 Å². The highest BCUT2D eigenvalue weighted by atomic mass is 19.1. The molecule has 1 aromatic carbocycles. The third kappa shape index (κ3) is 2.90. The molecule has 2 N–H and O–H groups in total. The van der Waals surface area contributed by atoms with Crippen molar-refractivity contribution in [3.05, 3.63) is 47.5 Å². The fourth-order valence-corrected chi connectivity index (χ4v) is 1.83. The van der Waals surface area contributed by atoms with Crippen molar-refractivity contribution in [2.75, 3.05) is 12.8 Å². The first-order valence-electron chi connectivity index (χ1n) is 5.75. The number of hydrogen-bond acceptors (Lipinski definition) is 3. The Kier molecular flexibility index (Phi) is 3.50. The molecule has 0 aliphatic heterocycles. The maximum Gasteiger partial charge on any atom is 0.255 e. The third-order valence-electron chi connectivity index (χ3n) is 2.77. The van der Waals surface area contributed by atoms with Gasteiger partial charge < -0.3 is 10.6 Å². The molecule has 19 heavy (non-hydrogen) atoms. The summed E-state index contributed by atoms with van der Waals surface area (Å²) in [5, 5.41) is 4.04. The maximum atomic E-state index is 12.9. The highest BCUT2D eigenvalue weighted by molar-refractivity contribution is 5.98. The summed E-state index contributed by atoms with van der Waals surface area (Å²) in [4.78, 5) is 13.7. The number of aromatic nitrogens is 2. The third-order valence-corrected chi connectivity index (χ3v) is 2.77. The van der Waals surface area contributed by atoms with Crippen LogP contribution in [-0.4, -0.2) is 27.6 Å². The number of aryl methyl sites for hydroxylation is 1. The minimum absolute atomic E-state index is 0.142. The molecule has 0 saturated heterocycles. The Balaban J connectivity index is 2.14. The second-order valence-corrected chi connectivity index (χ2v) is 4.42. The summed E-state index contributed by atoms with van der Waals surface area (Å²) in [7, 11) is 3.47. The van der Waals surface area contributed by atoms with Gasteiger partial charge in [0, 0.05) is 38.1 Å². The second-order valence-electron chi connectivity index (χ2n) is 4.42. The Morgan fingerprint density at radius 2 is 2.26 bits per heavy atom. The molecule has 0 bridgehead atoms. The predicted octanol–water partition coefficient (Wildman–Crippen LogP) is 1.41. The smallest absolute Gasteiger partial charge is 0.255 e. The van der Waals surface area contributed by atoms with E-state index >= 15 is 0 Å². The molecule has 0 saturated carbocycles. The largest absolute Gasteiger partial charge is 0.398 e. The Bertz CT molecular complexity index is 608. The minimum Gasteiger partial charge on any atom is -0.398 e. The molecule has 1 heterocycles. The van der Waals surface area contributed by atoms with Gasteiger partial charge in [-0.05, 0) is 18.2 Å². The first-order valence-corrected chi connectivity index (χ1v) is 5.75. The number of amides is 1. The Hall–Kier alpha value is -2.37. The van der Waals surface area contributed by atoms with Gasteiger partial charge in [0.2, 0.25) is 0 Å². The average molecular weight is 262 g/mol. The van der Waals surface area contributed by atoms with Gasteiger partial charge in [0.1, 0.15) is 5.82 Å². The second kappa shape index (κ2) is 5.09. The van der Waals surface area contributed by atoms with Crippen LogP contribution in [0.5, 0.6) is 0 Å². The van der Waals surface area contributed by atoms with Gasteiger partial charge in [0.05, 0.1) is 11.8 Å². The average Bonchev–Trinajstić information content (AvgIpc) is 2.74. The monoisotopic (exact) mass is 262 g/mol. The first-order chi connectivity index (χ1) is 8.97. The van der Waals surface area contributed by atoms with Crippen molar-refractivity contribution in [1.82, 2.24) is 14.7 Å². The van der Waals surface area contributed by atoms with Crippen LogP contribution < -0.4 is 5.73 Å². The number of halogens is 1. The maximum absolute atomic E-state index is 12.9. The van der Waals surface area contributed by atoms with Crippen molar-refractivity contribution in [1.29, 1.82) is 0 Å². The molecule has 6 heteroatoms. The normalized spacial score (nSPS) is 10.5. The number of nitrogens with two attached hydrogens (primary N) is 1. The van der Waals surface area contributed by atoms with Gasteiger partial charge in [-0.2, -0.15) is 5.10 Å². The number of carbonyl (C=O) groups excluding carboxylic acids is 1. The molecule has 0 radical (unpaired) electrons. The summed E-state index contributed by atoms with van der Waals surface area (Å²) in [5.41, 5.74) is 7.01. The number of nitrogen functional groups attached to an aromatic ring is 1. The highest BCUT2D eigenvalue weighted by Gasteiger charge is 2.15. The van der Waals surface area contributed by atoms with E-state index in [1.807, 2.05) is 13.2 Å². The Morgan fingerprint density at radius 3 is 2.84 bits per heavy atom. The SMILES string of the molecule is CN(Cc1cnn(C)c1)C(=O)c1ccc(F)cc1N. The zero-order valence-corrected chi connectivity index (χ0v) is 10.8. The molecular formula is C13H15FN4O. The van der Waals surface area contributed by atoms with E-state index < -0.39 is 5.82 Å². The van der Waals surface area contributed by atoms with Crippen molar-refractivity contribution in [3.63, 3.8) is 0 Å². The van der Waals surface area contributed by atoms with E-state index in [2.05, 4.69) is 5.10 Å². The summed E-state index contributed by atoms with van der Waals surface area (Å²) < 4.78 is 14.6. The van der Waals surface area contributed by atoms with Crippen LogP contribution in [0.2, 0.25) is 0 Å². The van der Waals surface area contributed by atoms with Gasteiger partial charge in [-0.1, -0.05) is 0 Å². The molecular weight excluding hydrogens is 247 g/mol. The van der Waals surface area contributed by atoms with Crippen LogP contribution in [-0.2, 0) is 13.6 Å². The van der Waals surface area contributed by atoms with Crippen molar-refractivity contribution in [2.24, 2.45) is 7.05 Å². The van der Waals surface area contributed by atoms with Crippen molar-refractivity contribution >= 4 is 11.6 Å². The van der Waals surface area contributed by atoms with Crippen LogP contribution in [0.4, 0.5) is 10.1 Å².